The molecule has 2 aromatic rings. The quantitative estimate of drug-likeness (QED) is 0.900. The number of rotatable bonds is 4. The number of benzene rings is 2. The van der Waals surface area contributed by atoms with Crippen LogP contribution in [-0.2, 0) is 10.0 Å². The van der Waals surface area contributed by atoms with Crippen molar-refractivity contribution in [3.8, 4) is 0 Å². The standard InChI is InChI=1S/C15H15ClN2O3S/c1-10-7-8-11(9-12(10)15(19)17-2)22(20,21)18-14-6-4-3-5-13(14)16/h3-9,18H,1-2H3,(H,17,19). The van der Waals surface area contributed by atoms with Crippen LogP contribution in [0.5, 0.6) is 0 Å². The Hall–Kier alpha value is -2.05. The lowest BCUT2D eigenvalue weighted by molar-refractivity contribution is 0.0962. The average molecular weight is 339 g/mol. The number of aryl methyl sites for hydroxylation is 1. The van der Waals surface area contributed by atoms with Crippen LogP contribution < -0.4 is 10.0 Å². The fourth-order valence-corrected chi connectivity index (χ4v) is 3.24. The zero-order valence-electron chi connectivity index (χ0n) is 12.1. The van der Waals surface area contributed by atoms with E-state index in [1.54, 1.807) is 37.3 Å². The van der Waals surface area contributed by atoms with Crippen LogP contribution in [0.2, 0.25) is 5.02 Å². The van der Waals surface area contributed by atoms with Crippen molar-refractivity contribution in [3.63, 3.8) is 0 Å². The van der Waals surface area contributed by atoms with Crippen molar-refractivity contribution >= 4 is 33.2 Å². The third-order valence-electron chi connectivity index (χ3n) is 3.11. The summed E-state index contributed by atoms with van der Waals surface area (Å²) in [5, 5.41) is 2.78. The molecule has 0 saturated carbocycles. The summed E-state index contributed by atoms with van der Waals surface area (Å²) in [6.07, 6.45) is 0. The first kappa shape index (κ1) is 16.3. The highest BCUT2D eigenvalue weighted by Gasteiger charge is 2.18. The van der Waals surface area contributed by atoms with Gasteiger partial charge in [0.2, 0.25) is 0 Å². The van der Waals surface area contributed by atoms with Gasteiger partial charge in [-0.05, 0) is 36.8 Å². The summed E-state index contributed by atoms with van der Waals surface area (Å²) in [7, 11) is -2.34. The van der Waals surface area contributed by atoms with Gasteiger partial charge >= 0.3 is 0 Å². The number of nitrogens with one attached hydrogen (secondary N) is 2. The van der Waals surface area contributed by atoms with Crippen LogP contribution in [0.3, 0.4) is 0 Å². The highest BCUT2D eigenvalue weighted by molar-refractivity contribution is 7.92. The predicted molar refractivity (Wildman–Crippen MR) is 86.8 cm³/mol. The van der Waals surface area contributed by atoms with E-state index in [0.29, 0.717) is 16.1 Å². The molecule has 5 nitrogen and oxygen atoms in total. The van der Waals surface area contributed by atoms with Gasteiger partial charge < -0.3 is 5.32 Å². The minimum atomic E-state index is -3.83. The minimum absolute atomic E-state index is 0.00313. The maximum atomic E-state index is 12.4. The molecule has 0 fully saturated rings. The van der Waals surface area contributed by atoms with Crippen molar-refractivity contribution in [2.24, 2.45) is 0 Å². The van der Waals surface area contributed by atoms with Crippen molar-refractivity contribution in [2.75, 3.05) is 11.8 Å². The molecule has 116 valence electrons. The Bertz CT molecular complexity index is 819. The monoisotopic (exact) mass is 338 g/mol. The zero-order chi connectivity index (χ0) is 16.3. The molecule has 2 rings (SSSR count). The summed E-state index contributed by atoms with van der Waals surface area (Å²) in [6.45, 7) is 1.74. The number of para-hydroxylation sites is 1. The van der Waals surface area contributed by atoms with Gasteiger partial charge in [0.25, 0.3) is 15.9 Å². The maximum absolute atomic E-state index is 12.4. The third-order valence-corrected chi connectivity index (χ3v) is 4.80. The SMILES string of the molecule is CNC(=O)c1cc(S(=O)(=O)Nc2ccccc2Cl)ccc1C. The summed E-state index contributed by atoms with van der Waals surface area (Å²) >= 11 is 5.96. The van der Waals surface area contributed by atoms with Crippen LogP contribution in [0.1, 0.15) is 15.9 Å². The molecule has 0 atom stereocenters. The number of hydrogen-bond acceptors (Lipinski definition) is 3. The Labute approximate surface area is 134 Å². The number of sulfonamides is 1. The zero-order valence-corrected chi connectivity index (χ0v) is 13.6. The molecule has 0 saturated heterocycles. The van der Waals surface area contributed by atoms with Crippen molar-refractivity contribution in [1.29, 1.82) is 0 Å². The molecule has 0 spiro atoms. The molecule has 7 heteroatoms. The molecular formula is C15H15ClN2O3S. The lowest BCUT2D eigenvalue weighted by Crippen LogP contribution is -2.20. The first-order valence-electron chi connectivity index (χ1n) is 6.45. The van der Waals surface area contributed by atoms with Crippen molar-refractivity contribution in [2.45, 2.75) is 11.8 Å². The topological polar surface area (TPSA) is 75.3 Å². The van der Waals surface area contributed by atoms with Gasteiger partial charge in [-0.2, -0.15) is 0 Å². The van der Waals surface area contributed by atoms with E-state index < -0.39 is 10.0 Å². The summed E-state index contributed by atoms with van der Waals surface area (Å²) in [4.78, 5) is 11.8. The van der Waals surface area contributed by atoms with E-state index in [1.165, 1.54) is 19.2 Å². The van der Waals surface area contributed by atoms with E-state index in [9.17, 15) is 13.2 Å². The first-order valence-corrected chi connectivity index (χ1v) is 8.31. The third kappa shape index (κ3) is 3.40. The Kier molecular flexibility index (Phi) is 4.73. The molecule has 0 aliphatic heterocycles. The van der Waals surface area contributed by atoms with Gasteiger partial charge in [0, 0.05) is 12.6 Å². The van der Waals surface area contributed by atoms with Gasteiger partial charge in [0.1, 0.15) is 0 Å². The second-order valence-electron chi connectivity index (χ2n) is 4.64. The number of amides is 1. The van der Waals surface area contributed by atoms with E-state index in [1.807, 2.05) is 0 Å². The Morgan fingerprint density at radius 1 is 1.14 bits per heavy atom. The lowest BCUT2D eigenvalue weighted by Gasteiger charge is -2.11. The van der Waals surface area contributed by atoms with Crippen LogP contribution in [0.15, 0.2) is 47.4 Å². The highest BCUT2D eigenvalue weighted by Crippen LogP contribution is 2.24. The van der Waals surface area contributed by atoms with Crippen LogP contribution in [0.4, 0.5) is 5.69 Å². The fourth-order valence-electron chi connectivity index (χ4n) is 1.90. The van der Waals surface area contributed by atoms with Crippen LogP contribution in [-0.4, -0.2) is 21.4 Å². The molecule has 0 aromatic heterocycles. The van der Waals surface area contributed by atoms with E-state index in [4.69, 9.17) is 11.6 Å². The highest BCUT2D eigenvalue weighted by atomic mass is 35.5. The molecule has 0 heterocycles. The largest absolute Gasteiger partial charge is 0.355 e. The van der Waals surface area contributed by atoms with Gasteiger partial charge in [-0.3, -0.25) is 9.52 Å². The van der Waals surface area contributed by atoms with Crippen molar-refractivity contribution in [3.05, 3.63) is 58.6 Å². The molecule has 2 aromatic carbocycles. The normalized spacial score (nSPS) is 11.0. The van der Waals surface area contributed by atoms with Crippen molar-refractivity contribution in [1.82, 2.24) is 5.32 Å². The van der Waals surface area contributed by atoms with E-state index in [2.05, 4.69) is 10.0 Å². The second-order valence-corrected chi connectivity index (χ2v) is 6.73. The smallest absolute Gasteiger partial charge is 0.261 e. The van der Waals surface area contributed by atoms with Gasteiger partial charge in [0.05, 0.1) is 15.6 Å². The first-order chi connectivity index (χ1) is 10.3. The molecule has 1 amide bonds. The molecule has 22 heavy (non-hydrogen) atoms. The molecule has 0 radical (unpaired) electrons. The van der Waals surface area contributed by atoms with Crippen LogP contribution in [0.25, 0.3) is 0 Å². The lowest BCUT2D eigenvalue weighted by atomic mass is 10.1. The molecule has 0 unspecified atom stereocenters. The number of hydrogen-bond donors (Lipinski definition) is 2. The van der Waals surface area contributed by atoms with E-state index >= 15 is 0 Å². The van der Waals surface area contributed by atoms with Crippen LogP contribution >= 0.6 is 11.6 Å². The Morgan fingerprint density at radius 3 is 2.45 bits per heavy atom. The van der Waals surface area contributed by atoms with Gasteiger partial charge in [-0.1, -0.05) is 29.8 Å². The molecular weight excluding hydrogens is 324 g/mol. The van der Waals surface area contributed by atoms with E-state index in [0.717, 1.165) is 0 Å². The molecule has 0 aliphatic rings. The number of carbonyl (C=O) groups is 1. The minimum Gasteiger partial charge on any atom is -0.355 e. The molecule has 0 aliphatic carbocycles. The summed E-state index contributed by atoms with van der Waals surface area (Å²) in [5.41, 5.74) is 1.28. The summed E-state index contributed by atoms with van der Waals surface area (Å²) in [6, 6.07) is 10.9. The number of carbonyl (C=O) groups excluding carboxylic acids is 1. The fraction of sp³-hybridized carbons (Fsp3) is 0.133. The van der Waals surface area contributed by atoms with Gasteiger partial charge in [0.15, 0.2) is 0 Å². The Morgan fingerprint density at radius 2 is 1.82 bits per heavy atom. The van der Waals surface area contributed by atoms with Crippen molar-refractivity contribution < 1.29 is 13.2 Å². The predicted octanol–water partition coefficient (Wildman–Crippen LogP) is 2.81. The average Bonchev–Trinajstić information content (AvgIpc) is 2.49. The summed E-state index contributed by atoms with van der Waals surface area (Å²) < 4.78 is 27.3. The number of halogens is 1. The van der Waals surface area contributed by atoms with Gasteiger partial charge in [-0.15, -0.1) is 0 Å². The molecule has 0 bridgehead atoms. The number of anilines is 1. The maximum Gasteiger partial charge on any atom is 0.261 e. The Balaban J connectivity index is 2.42. The summed E-state index contributed by atoms with van der Waals surface area (Å²) in [5.74, 6) is -0.340. The van der Waals surface area contributed by atoms with E-state index in [-0.39, 0.29) is 16.5 Å². The molecule has 2 N–H and O–H groups in total. The second kappa shape index (κ2) is 6.37. The van der Waals surface area contributed by atoms with Gasteiger partial charge in [-0.25, -0.2) is 8.42 Å². The van der Waals surface area contributed by atoms with Crippen LogP contribution in [0, 0.1) is 6.92 Å².